The molecular formula is C22H26N4O3. The molecule has 2 amide bonds. The fourth-order valence-corrected chi connectivity index (χ4v) is 3.20. The Morgan fingerprint density at radius 3 is 2.41 bits per heavy atom. The van der Waals surface area contributed by atoms with E-state index in [0.29, 0.717) is 12.0 Å². The van der Waals surface area contributed by atoms with Crippen molar-refractivity contribution in [2.75, 3.05) is 0 Å². The molecule has 2 unspecified atom stereocenters. The molecule has 2 atom stereocenters. The summed E-state index contributed by atoms with van der Waals surface area (Å²) in [4.78, 5) is 36.5. The van der Waals surface area contributed by atoms with Crippen molar-refractivity contribution in [1.82, 2.24) is 21.7 Å². The number of benzene rings is 2. The Labute approximate surface area is 170 Å². The van der Waals surface area contributed by atoms with Crippen LogP contribution in [0.15, 0.2) is 48.5 Å². The molecule has 0 aliphatic carbocycles. The third-order valence-electron chi connectivity index (χ3n) is 5.15. The summed E-state index contributed by atoms with van der Waals surface area (Å²) in [5.41, 5.74) is 14.7. The molecule has 0 spiro atoms. The lowest BCUT2D eigenvalue weighted by atomic mass is 10.0. The molecule has 1 fully saturated rings. The van der Waals surface area contributed by atoms with E-state index in [1.165, 1.54) is 0 Å². The molecule has 0 bridgehead atoms. The normalized spacial score (nSPS) is 18.3. The first kappa shape index (κ1) is 20.7. The summed E-state index contributed by atoms with van der Waals surface area (Å²) in [6.07, 6.45) is 0.662. The Balaban J connectivity index is 1.40. The van der Waals surface area contributed by atoms with Crippen LogP contribution in [0.2, 0.25) is 0 Å². The summed E-state index contributed by atoms with van der Waals surface area (Å²) >= 11 is 0. The predicted molar refractivity (Wildman–Crippen MR) is 110 cm³/mol. The Bertz CT molecular complexity index is 898. The molecule has 152 valence electrons. The standard InChI is InChI=1S/C22H26N4O3/c1-14-8-9-17(12-15(14)2)20(27)10-11-21(28)25-26-22(29)19-13-18(23-24-19)16-6-4-3-5-7-16/h3-9,12,18-19,23-24H,10-11,13H2,1-2H3,(H,25,28)(H,26,29). The van der Waals surface area contributed by atoms with Crippen LogP contribution >= 0.6 is 0 Å². The molecule has 0 aromatic heterocycles. The van der Waals surface area contributed by atoms with Gasteiger partial charge in [0.15, 0.2) is 5.78 Å². The van der Waals surface area contributed by atoms with Crippen LogP contribution < -0.4 is 21.7 Å². The van der Waals surface area contributed by atoms with E-state index in [1.54, 1.807) is 6.07 Å². The van der Waals surface area contributed by atoms with Gasteiger partial charge in [-0.25, -0.2) is 10.9 Å². The number of aryl methyl sites for hydroxylation is 2. The Kier molecular flexibility index (Phi) is 6.74. The van der Waals surface area contributed by atoms with E-state index in [0.717, 1.165) is 16.7 Å². The molecule has 1 saturated heterocycles. The minimum atomic E-state index is -0.460. The van der Waals surface area contributed by atoms with Crippen LogP contribution in [0.1, 0.15) is 52.4 Å². The number of hydrogen-bond acceptors (Lipinski definition) is 5. The highest BCUT2D eigenvalue weighted by atomic mass is 16.2. The maximum Gasteiger partial charge on any atom is 0.256 e. The van der Waals surface area contributed by atoms with Crippen molar-refractivity contribution in [3.8, 4) is 0 Å². The number of nitrogens with one attached hydrogen (secondary N) is 4. The van der Waals surface area contributed by atoms with Crippen molar-refractivity contribution in [2.45, 2.75) is 45.2 Å². The van der Waals surface area contributed by atoms with Crippen LogP contribution in [0.4, 0.5) is 0 Å². The topological polar surface area (TPSA) is 99.3 Å². The number of carbonyl (C=O) groups is 3. The van der Waals surface area contributed by atoms with Gasteiger partial charge < -0.3 is 0 Å². The molecule has 7 heteroatoms. The minimum absolute atomic E-state index is 0.00895. The van der Waals surface area contributed by atoms with Crippen molar-refractivity contribution < 1.29 is 14.4 Å². The number of hydrazine groups is 2. The van der Waals surface area contributed by atoms with Gasteiger partial charge in [0.2, 0.25) is 5.91 Å². The number of Topliss-reactive ketones (excluding diaryl/α,β-unsaturated/α-hetero) is 1. The van der Waals surface area contributed by atoms with Gasteiger partial charge in [0.05, 0.1) is 0 Å². The SMILES string of the molecule is Cc1ccc(C(=O)CCC(=O)NNC(=O)C2CC(c3ccccc3)NN2)cc1C. The maximum atomic E-state index is 12.3. The van der Waals surface area contributed by atoms with E-state index in [4.69, 9.17) is 0 Å². The van der Waals surface area contributed by atoms with Gasteiger partial charge in [-0.3, -0.25) is 25.2 Å². The molecule has 0 saturated carbocycles. The van der Waals surface area contributed by atoms with E-state index < -0.39 is 11.9 Å². The molecule has 1 heterocycles. The molecule has 0 radical (unpaired) electrons. The number of amides is 2. The Morgan fingerprint density at radius 1 is 0.931 bits per heavy atom. The van der Waals surface area contributed by atoms with Crippen molar-refractivity contribution >= 4 is 17.6 Å². The third kappa shape index (κ3) is 5.49. The van der Waals surface area contributed by atoms with Gasteiger partial charge in [0.1, 0.15) is 6.04 Å². The summed E-state index contributed by atoms with van der Waals surface area (Å²) in [7, 11) is 0. The second-order valence-electron chi connectivity index (χ2n) is 7.30. The molecule has 3 rings (SSSR count). The second kappa shape index (κ2) is 9.45. The fraction of sp³-hybridized carbons (Fsp3) is 0.318. The lowest BCUT2D eigenvalue weighted by Gasteiger charge is -2.11. The smallest absolute Gasteiger partial charge is 0.256 e. The number of carbonyl (C=O) groups excluding carboxylic acids is 3. The first-order valence-electron chi connectivity index (χ1n) is 9.69. The summed E-state index contributed by atoms with van der Waals surface area (Å²) in [6.45, 7) is 3.93. The molecular weight excluding hydrogens is 368 g/mol. The van der Waals surface area contributed by atoms with E-state index in [2.05, 4.69) is 21.7 Å². The largest absolute Gasteiger partial charge is 0.294 e. The molecule has 2 aromatic rings. The van der Waals surface area contributed by atoms with Crippen molar-refractivity contribution in [3.63, 3.8) is 0 Å². The quantitative estimate of drug-likeness (QED) is 0.444. The average Bonchev–Trinajstić information content (AvgIpc) is 3.23. The van der Waals surface area contributed by atoms with Gasteiger partial charge in [-0.1, -0.05) is 42.5 Å². The zero-order chi connectivity index (χ0) is 20.8. The number of ketones is 1. The van der Waals surface area contributed by atoms with Crippen LogP contribution in [0.25, 0.3) is 0 Å². The summed E-state index contributed by atoms with van der Waals surface area (Å²) in [5, 5.41) is 0. The van der Waals surface area contributed by atoms with Gasteiger partial charge >= 0.3 is 0 Å². The highest BCUT2D eigenvalue weighted by Crippen LogP contribution is 2.21. The predicted octanol–water partition coefficient (Wildman–Crippen LogP) is 2.02. The molecule has 1 aliphatic heterocycles. The molecule has 7 nitrogen and oxygen atoms in total. The van der Waals surface area contributed by atoms with E-state index in [1.807, 2.05) is 56.3 Å². The highest BCUT2D eigenvalue weighted by molar-refractivity contribution is 5.98. The number of rotatable bonds is 6. The Morgan fingerprint density at radius 2 is 1.69 bits per heavy atom. The van der Waals surface area contributed by atoms with E-state index >= 15 is 0 Å². The summed E-state index contributed by atoms with van der Waals surface area (Å²) < 4.78 is 0. The van der Waals surface area contributed by atoms with Crippen LogP contribution in [-0.2, 0) is 9.59 Å². The fourth-order valence-electron chi connectivity index (χ4n) is 3.20. The average molecular weight is 394 g/mol. The zero-order valence-corrected chi connectivity index (χ0v) is 16.6. The first-order valence-corrected chi connectivity index (χ1v) is 9.69. The van der Waals surface area contributed by atoms with Crippen molar-refractivity contribution in [2.24, 2.45) is 0 Å². The molecule has 4 N–H and O–H groups in total. The van der Waals surface area contributed by atoms with Crippen LogP contribution in [-0.4, -0.2) is 23.6 Å². The molecule has 1 aliphatic rings. The van der Waals surface area contributed by atoms with E-state index in [-0.39, 0.29) is 30.6 Å². The summed E-state index contributed by atoms with van der Waals surface area (Å²) in [5.74, 6) is -0.826. The maximum absolute atomic E-state index is 12.3. The lowest BCUT2D eigenvalue weighted by molar-refractivity contribution is -0.129. The van der Waals surface area contributed by atoms with Crippen molar-refractivity contribution in [3.05, 3.63) is 70.8 Å². The minimum Gasteiger partial charge on any atom is -0.294 e. The monoisotopic (exact) mass is 394 g/mol. The highest BCUT2D eigenvalue weighted by Gasteiger charge is 2.30. The van der Waals surface area contributed by atoms with Gasteiger partial charge in [0.25, 0.3) is 5.91 Å². The number of hydrogen-bond donors (Lipinski definition) is 4. The van der Waals surface area contributed by atoms with Crippen LogP contribution in [0.3, 0.4) is 0 Å². The summed E-state index contributed by atoms with van der Waals surface area (Å²) in [6, 6.07) is 14.9. The Hall–Kier alpha value is -3.03. The van der Waals surface area contributed by atoms with Gasteiger partial charge in [-0.05, 0) is 43.0 Å². The van der Waals surface area contributed by atoms with Crippen molar-refractivity contribution in [1.29, 1.82) is 0 Å². The third-order valence-corrected chi connectivity index (χ3v) is 5.15. The zero-order valence-electron chi connectivity index (χ0n) is 16.6. The van der Waals surface area contributed by atoms with Crippen LogP contribution in [0.5, 0.6) is 0 Å². The van der Waals surface area contributed by atoms with E-state index in [9.17, 15) is 14.4 Å². The van der Waals surface area contributed by atoms with Gasteiger partial charge in [-0.15, -0.1) is 0 Å². The van der Waals surface area contributed by atoms with Gasteiger partial charge in [-0.2, -0.15) is 0 Å². The van der Waals surface area contributed by atoms with Crippen LogP contribution in [0, 0.1) is 13.8 Å². The molecule has 2 aromatic carbocycles. The lowest BCUT2D eigenvalue weighted by Crippen LogP contribution is -2.50. The second-order valence-corrected chi connectivity index (χ2v) is 7.30. The first-order chi connectivity index (χ1) is 13.9. The molecule has 29 heavy (non-hydrogen) atoms. The van der Waals surface area contributed by atoms with Gasteiger partial charge in [0, 0.05) is 24.4 Å².